The Morgan fingerprint density at radius 3 is 2.71 bits per heavy atom. The highest BCUT2D eigenvalue weighted by Crippen LogP contribution is 2.22. The van der Waals surface area contributed by atoms with Crippen molar-refractivity contribution in [3.05, 3.63) is 16.4 Å². The Kier molecular flexibility index (Phi) is 5.43. The van der Waals surface area contributed by atoms with Gasteiger partial charge in [0.05, 0.1) is 28.6 Å². The molecule has 4 nitrogen and oxygen atoms in total. The summed E-state index contributed by atoms with van der Waals surface area (Å²) in [4.78, 5) is 0. The van der Waals surface area contributed by atoms with Crippen molar-refractivity contribution in [3.63, 3.8) is 0 Å². The molecule has 0 saturated heterocycles. The van der Waals surface area contributed by atoms with Gasteiger partial charge in [-0.05, 0) is 27.2 Å². The molecule has 0 radical (unpaired) electrons. The fourth-order valence-electron chi connectivity index (χ4n) is 1.85. The van der Waals surface area contributed by atoms with Gasteiger partial charge in [-0.15, -0.1) is 0 Å². The topological polar surface area (TPSA) is 47.3 Å². The van der Waals surface area contributed by atoms with Crippen LogP contribution in [0.4, 0.5) is 0 Å². The molecule has 98 valence electrons. The van der Waals surface area contributed by atoms with Crippen molar-refractivity contribution in [1.82, 2.24) is 9.78 Å². The van der Waals surface area contributed by atoms with Gasteiger partial charge in [-0.1, -0.05) is 11.6 Å². The average molecular weight is 261 g/mol. The predicted molar refractivity (Wildman–Crippen MR) is 68.4 cm³/mol. The lowest BCUT2D eigenvalue weighted by Crippen LogP contribution is -2.20. The van der Waals surface area contributed by atoms with E-state index in [4.69, 9.17) is 16.3 Å². The van der Waals surface area contributed by atoms with E-state index in [0.29, 0.717) is 17.9 Å². The number of methoxy groups -OCH3 is 1. The highest BCUT2D eigenvalue weighted by atomic mass is 35.5. The first-order valence-corrected chi connectivity index (χ1v) is 6.30. The van der Waals surface area contributed by atoms with Crippen molar-refractivity contribution >= 4 is 11.6 Å². The number of aliphatic hydroxyl groups is 1. The van der Waals surface area contributed by atoms with E-state index in [1.165, 1.54) is 0 Å². The molecule has 0 aliphatic carbocycles. The van der Waals surface area contributed by atoms with Crippen molar-refractivity contribution in [1.29, 1.82) is 0 Å². The molecule has 1 rings (SSSR count). The van der Waals surface area contributed by atoms with Crippen LogP contribution in [-0.2, 0) is 17.7 Å². The molecule has 0 aromatic carbocycles. The van der Waals surface area contributed by atoms with Crippen LogP contribution in [0.1, 0.15) is 31.7 Å². The van der Waals surface area contributed by atoms with Crippen LogP contribution >= 0.6 is 11.6 Å². The molecule has 1 aromatic heterocycles. The maximum atomic E-state index is 9.98. The summed E-state index contributed by atoms with van der Waals surface area (Å²) in [7, 11) is 1.64. The summed E-state index contributed by atoms with van der Waals surface area (Å²) >= 11 is 6.18. The van der Waals surface area contributed by atoms with Crippen molar-refractivity contribution in [2.24, 2.45) is 0 Å². The van der Waals surface area contributed by atoms with Crippen LogP contribution in [0.15, 0.2) is 0 Å². The minimum absolute atomic E-state index is 0.0443. The van der Waals surface area contributed by atoms with E-state index in [1.54, 1.807) is 7.11 Å². The minimum atomic E-state index is -0.455. The number of aryl methyl sites for hydroxylation is 2. The lowest BCUT2D eigenvalue weighted by atomic mass is 10.1. The molecule has 1 heterocycles. The van der Waals surface area contributed by atoms with E-state index in [2.05, 4.69) is 5.10 Å². The third-order valence-electron chi connectivity index (χ3n) is 2.89. The molecule has 1 aromatic rings. The third kappa shape index (κ3) is 3.69. The molecule has 0 bridgehead atoms. The number of ether oxygens (including phenoxy) is 1. The van der Waals surface area contributed by atoms with Gasteiger partial charge in [0.2, 0.25) is 0 Å². The Balaban J connectivity index is 2.73. The van der Waals surface area contributed by atoms with Gasteiger partial charge >= 0.3 is 0 Å². The fraction of sp³-hybridized carbons (Fsp3) is 0.750. The Hall–Kier alpha value is -0.580. The van der Waals surface area contributed by atoms with Crippen LogP contribution < -0.4 is 0 Å². The van der Waals surface area contributed by atoms with E-state index in [9.17, 15) is 5.11 Å². The zero-order valence-electron chi connectivity index (χ0n) is 10.9. The van der Waals surface area contributed by atoms with Crippen molar-refractivity contribution in [2.45, 2.75) is 52.4 Å². The number of hydrogen-bond donors (Lipinski definition) is 1. The monoisotopic (exact) mass is 260 g/mol. The van der Waals surface area contributed by atoms with Gasteiger partial charge in [0, 0.05) is 20.1 Å². The molecule has 17 heavy (non-hydrogen) atoms. The van der Waals surface area contributed by atoms with Crippen LogP contribution in [0.3, 0.4) is 0 Å². The molecule has 0 aliphatic rings. The first kappa shape index (κ1) is 14.5. The smallest absolute Gasteiger partial charge is 0.0848 e. The Bertz CT molecular complexity index is 366. The summed E-state index contributed by atoms with van der Waals surface area (Å²) in [6.45, 7) is 6.58. The fourth-order valence-corrected chi connectivity index (χ4v) is 2.06. The molecule has 2 atom stereocenters. The van der Waals surface area contributed by atoms with Gasteiger partial charge < -0.3 is 9.84 Å². The highest BCUT2D eigenvalue weighted by molar-refractivity contribution is 6.31. The van der Waals surface area contributed by atoms with Gasteiger partial charge in [-0.25, -0.2) is 0 Å². The second kappa shape index (κ2) is 6.38. The first-order chi connectivity index (χ1) is 7.99. The maximum absolute atomic E-state index is 9.98. The Morgan fingerprint density at radius 2 is 2.18 bits per heavy atom. The van der Waals surface area contributed by atoms with E-state index in [0.717, 1.165) is 17.9 Å². The first-order valence-electron chi connectivity index (χ1n) is 5.92. The van der Waals surface area contributed by atoms with Gasteiger partial charge in [0.1, 0.15) is 0 Å². The van der Waals surface area contributed by atoms with Crippen LogP contribution in [0, 0.1) is 6.92 Å². The summed E-state index contributed by atoms with van der Waals surface area (Å²) in [5, 5.41) is 15.0. The lowest BCUT2D eigenvalue weighted by molar-refractivity contribution is 0.0558. The average Bonchev–Trinajstić information content (AvgIpc) is 2.56. The number of hydrogen-bond acceptors (Lipinski definition) is 3. The summed E-state index contributed by atoms with van der Waals surface area (Å²) in [5.74, 6) is 0. The predicted octanol–water partition coefficient (Wildman–Crippen LogP) is 2.19. The van der Waals surface area contributed by atoms with E-state index in [1.807, 2.05) is 25.5 Å². The van der Waals surface area contributed by atoms with E-state index < -0.39 is 6.10 Å². The zero-order valence-corrected chi connectivity index (χ0v) is 11.7. The second-order valence-electron chi connectivity index (χ2n) is 4.30. The number of rotatable bonds is 6. The molecule has 0 saturated carbocycles. The number of halogens is 1. The minimum Gasteiger partial charge on any atom is -0.393 e. The van der Waals surface area contributed by atoms with E-state index >= 15 is 0 Å². The van der Waals surface area contributed by atoms with Crippen LogP contribution in [-0.4, -0.2) is 34.2 Å². The van der Waals surface area contributed by atoms with Gasteiger partial charge in [-0.3, -0.25) is 4.68 Å². The lowest BCUT2D eigenvalue weighted by Gasteiger charge is -2.15. The van der Waals surface area contributed by atoms with Crippen LogP contribution in [0.2, 0.25) is 5.02 Å². The van der Waals surface area contributed by atoms with E-state index in [-0.39, 0.29) is 6.10 Å². The largest absolute Gasteiger partial charge is 0.393 e. The standard InChI is InChI=1S/C12H21ClN2O2/c1-5-15-11(12(13)9(3)14-15)7-10(16)6-8(2)17-4/h8,10,16H,5-7H2,1-4H3. The third-order valence-corrected chi connectivity index (χ3v) is 3.38. The number of aromatic nitrogens is 2. The summed E-state index contributed by atoms with van der Waals surface area (Å²) < 4.78 is 6.98. The van der Waals surface area contributed by atoms with Gasteiger partial charge in [-0.2, -0.15) is 5.10 Å². The van der Waals surface area contributed by atoms with Crippen molar-refractivity contribution in [3.8, 4) is 0 Å². The number of aliphatic hydroxyl groups excluding tert-OH is 1. The van der Waals surface area contributed by atoms with Gasteiger partial charge in [0.25, 0.3) is 0 Å². The van der Waals surface area contributed by atoms with Crippen molar-refractivity contribution in [2.75, 3.05) is 7.11 Å². The second-order valence-corrected chi connectivity index (χ2v) is 4.68. The summed E-state index contributed by atoms with van der Waals surface area (Å²) in [5.41, 5.74) is 1.72. The normalized spacial score (nSPS) is 14.9. The molecular weight excluding hydrogens is 240 g/mol. The molecule has 1 N–H and O–H groups in total. The highest BCUT2D eigenvalue weighted by Gasteiger charge is 2.17. The molecule has 5 heteroatoms. The van der Waals surface area contributed by atoms with Crippen LogP contribution in [0.25, 0.3) is 0 Å². The Morgan fingerprint density at radius 1 is 1.53 bits per heavy atom. The quantitative estimate of drug-likeness (QED) is 0.853. The van der Waals surface area contributed by atoms with Crippen LogP contribution in [0.5, 0.6) is 0 Å². The molecule has 0 amide bonds. The summed E-state index contributed by atoms with van der Waals surface area (Å²) in [6, 6.07) is 0. The Labute approximate surface area is 108 Å². The molecular formula is C12H21ClN2O2. The SMILES string of the molecule is CCn1nc(C)c(Cl)c1CC(O)CC(C)OC. The molecule has 0 aliphatic heterocycles. The molecule has 0 spiro atoms. The maximum Gasteiger partial charge on any atom is 0.0848 e. The number of nitrogens with zero attached hydrogens (tertiary/aromatic N) is 2. The zero-order chi connectivity index (χ0) is 13.0. The van der Waals surface area contributed by atoms with Gasteiger partial charge in [0.15, 0.2) is 0 Å². The molecule has 0 fully saturated rings. The summed E-state index contributed by atoms with van der Waals surface area (Å²) in [6.07, 6.45) is 0.703. The molecule has 2 unspecified atom stereocenters. The van der Waals surface area contributed by atoms with Crippen molar-refractivity contribution < 1.29 is 9.84 Å².